The Labute approximate surface area is 175 Å². The highest BCUT2D eigenvalue weighted by molar-refractivity contribution is 7.92. The zero-order valence-corrected chi connectivity index (χ0v) is 17.3. The molecule has 0 aliphatic carbocycles. The zero-order valence-electron chi connectivity index (χ0n) is 15.7. The van der Waals surface area contributed by atoms with E-state index < -0.39 is 15.9 Å². The largest absolute Gasteiger partial charge is 0.350 e. The molecule has 0 bridgehead atoms. The van der Waals surface area contributed by atoms with E-state index in [2.05, 4.69) is 10.3 Å². The monoisotopic (exact) mass is 429 g/mol. The molecule has 1 aromatic heterocycles. The fourth-order valence-electron chi connectivity index (χ4n) is 2.67. The number of carbonyl (C=O) groups excluding carboxylic acids is 1. The number of aryl methyl sites for hydroxylation is 1. The van der Waals surface area contributed by atoms with Gasteiger partial charge in [-0.1, -0.05) is 47.5 Å². The molecule has 0 atom stereocenters. The van der Waals surface area contributed by atoms with Crippen LogP contribution in [0.4, 0.5) is 5.69 Å². The molecule has 0 saturated carbocycles. The van der Waals surface area contributed by atoms with Crippen molar-refractivity contribution in [2.45, 2.75) is 18.4 Å². The minimum atomic E-state index is -3.97. The van der Waals surface area contributed by atoms with E-state index in [0.717, 1.165) is 15.4 Å². The van der Waals surface area contributed by atoms with Crippen LogP contribution in [0.3, 0.4) is 0 Å². The number of benzene rings is 2. The van der Waals surface area contributed by atoms with E-state index in [1.807, 2.05) is 13.0 Å². The third-order valence-electron chi connectivity index (χ3n) is 4.27. The second kappa shape index (κ2) is 9.07. The Bertz CT molecular complexity index is 1090. The molecule has 0 fully saturated rings. The Morgan fingerprint density at radius 3 is 2.45 bits per heavy atom. The Morgan fingerprint density at radius 2 is 1.79 bits per heavy atom. The van der Waals surface area contributed by atoms with Crippen LogP contribution in [0.2, 0.25) is 5.02 Å². The van der Waals surface area contributed by atoms with Crippen LogP contribution in [0.1, 0.15) is 11.1 Å². The first-order chi connectivity index (χ1) is 13.9. The number of halogens is 1. The number of pyridine rings is 1. The predicted molar refractivity (Wildman–Crippen MR) is 113 cm³/mol. The topological polar surface area (TPSA) is 79.4 Å². The highest BCUT2D eigenvalue weighted by atomic mass is 35.5. The molecule has 0 saturated heterocycles. The van der Waals surface area contributed by atoms with Crippen molar-refractivity contribution in [3.63, 3.8) is 0 Å². The quantitative estimate of drug-likeness (QED) is 0.622. The van der Waals surface area contributed by atoms with Gasteiger partial charge in [-0.25, -0.2) is 8.42 Å². The highest BCUT2D eigenvalue weighted by Gasteiger charge is 2.27. The van der Waals surface area contributed by atoms with Gasteiger partial charge in [0, 0.05) is 24.0 Å². The summed E-state index contributed by atoms with van der Waals surface area (Å²) < 4.78 is 27.4. The van der Waals surface area contributed by atoms with Gasteiger partial charge in [0.1, 0.15) is 11.4 Å². The molecule has 1 amide bonds. The van der Waals surface area contributed by atoms with E-state index in [4.69, 9.17) is 11.6 Å². The summed E-state index contributed by atoms with van der Waals surface area (Å²) in [5.74, 6) is -0.446. The second-order valence-electron chi connectivity index (χ2n) is 6.40. The summed E-state index contributed by atoms with van der Waals surface area (Å²) in [5.41, 5.74) is 2.13. The molecule has 150 valence electrons. The van der Waals surface area contributed by atoms with Crippen LogP contribution >= 0.6 is 11.6 Å². The van der Waals surface area contributed by atoms with Gasteiger partial charge in [0.2, 0.25) is 5.91 Å². The van der Waals surface area contributed by atoms with Crippen molar-refractivity contribution in [3.8, 4) is 0 Å². The van der Waals surface area contributed by atoms with E-state index >= 15 is 0 Å². The van der Waals surface area contributed by atoms with Gasteiger partial charge >= 0.3 is 0 Å². The molecule has 1 N–H and O–H groups in total. The smallest absolute Gasteiger partial charge is 0.266 e. The van der Waals surface area contributed by atoms with E-state index in [-0.39, 0.29) is 18.0 Å². The zero-order chi connectivity index (χ0) is 20.9. The summed E-state index contributed by atoms with van der Waals surface area (Å²) in [6.07, 6.45) is 2.75. The van der Waals surface area contributed by atoms with Crippen molar-refractivity contribution in [1.82, 2.24) is 10.3 Å². The SMILES string of the molecule is Cc1ccc(N(CC(=O)NCc2ccccc2Cl)S(=O)(=O)c2cccnc2)cc1. The first kappa shape index (κ1) is 20.8. The summed E-state index contributed by atoms with van der Waals surface area (Å²) >= 11 is 6.11. The lowest BCUT2D eigenvalue weighted by Gasteiger charge is -2.24. The van der Waals surface area contributed by atoms with Crippen molar-refractivity contribution >= 4 is 33.2 Å². The second-order valence-corrected chi connectivity index (χ2v) is 8.67. The molecule has 3 aromatic rings. The van der Waals surface area contributed by atoms with E-state index in [0.29, 0.717) is 10.7 Å². The summed E-state index contributed by atoms with van der Waals surface area (Å²) in [6.45, 7) is 1.73. The Morgan fingerprint density at radius 1 is 1.07 bits per heavy atom. The van der Waals surface area contributed by atoms with Crippen molar-refractivity contribution < 1.29 is 13.2 Å². The van der Waals surface area contributed by atoms with Crippen LogP contribution in [-0.4, -0.2) is 25.9 Å². The first-order valence-electron chi connectivity index (χ1n) is 8.87. The van der Waals surface area contributed by atoms with Gasteiger partial charge in [0.05, 0.1) is 5.69 Å². The van der Waals surface area contributed by atoms with Gasteiger partial charge < -0.3 is 5.32 Å². The van der Waals surface area contributed by atoms with Crippen LogP contribution in [0.5, 0.6) is 0 Å². The number of hydrogen-bond acceptors (Lipinski definition) is 4. The maximum atomic E-state index is 13.2. The molecule has 0 aliphatic heterocycles. The van der Waals surface area contributed by atoms with Crippen LogP contribution in [-0.2, 0) is 21.4 Å². The van der Waals surface area contributed by atoms with Gasteiger partial charge in [-0.3, -0.25) is 14.1 Å². The number of sulfonamides is 1. The Kier molecular flexibility index (Phi) is 6.51. The molecule has 0 unspecified atom stereocenters. The number of nitrogens with one attached hydrogen (secondary N) is 1. The molecule has 8 heteroatoms. The van der Waals surface area contributed by atoms with Crippen LogP contribution in [0.25, 0.3) is 0 Å². The number of rotatable bonds is 7. The third-order valence-corrected chi connectivity index (χ3v) is 6.39. The normalized spacial score (nSPS) is 11.1. The number of anilines is 1. The lowest BCUT2D eigenvalue weighted by molar-refractivity contribution is -0.119. The lowest BCUT2D eigenvalue weighted by atomic mass is 10.2. The Hall–Kier alpha value is -2.90. The third kappa shape index (κ3) is 5.13. The van der Waals surface area contributed by atoms with Crippen molar-refractivity contribution in [2.24, 2.45) is 0 Å². The molecular weight excluding hydrogens is 410 g/mol. The molecule has 0 radical (unpaired) electrons. The highest BCUT2D eigenvalue weighted by Crippen LogP contribution is 2.23. The predicted octanol–water partition coefficient (Wildman–Crippen LogP) is 3.56. The molecule has 0 aliphatic rings. The molecule has 29 heavy (non-hydrogen) atoms. The van der Waals surface area contributed by atoms with Crippen molar-refractivity contribution in [2.75, 3.05) is 10.8 Å². The summed E-state index contributed by atoms with van der Waals surface area (Å²) in [7, 11) is -3.97. The number of hydrogen-bond donors (Lipinski definition) is 1. The van der Waals surface area contributed by atoms with E-state index in [1.54, 1.807) is 42.5 Å². The van der Waals surface area contributed by atoms with Crippen LogP contribution in [0, 0.1) is 6.92 Å². The Balaban J connectivity index is 1.84. The van der Waals surface area contributed by atoms with E-state index in [1.165, 1.54) is 24.5 Å². The average molecular weight is 430 g/mol. The first-order valence-corrected chi connectivity index (χ1v) is 10.7. The van der Waals surface area contributed by atoms with Gasteiger partial charge in [-0.05, 0) is 42.8 Å². The fraction of sp³-hybridized carbons (Fsp3) is 0.143. The fourth-order valence-corrected chi connectivity index (χ4v) is 4.26. The van der Waals surface area contributed by atoms with E-state index in [9.17, 15) is 13.2 Å². The van der Waals surface area contributed by atoms with Gasteiger partial charge in [-0.15, -0.1) is 0 Å². The van der Waals surface area contributed by atoms with Crippen LogP contribution in [0.15, 0.2) is 78.0 Å². The summed E-state index contributed by atoms with van der Waals surface area (Å²) in [4.78, 5) is 16.5. The van der Waals surface area contributed by atoms with Gasteiger partial charge in [0.15, 0.2) is 0 Å². The molecule has 1 heterocycles. The maximum Gasteiger partial charge on any atom is 0.266 e. The maximum absolute atomic E-state index is 13.2. The molecule has 3 rings (SSSR count). The minimum Gasteiger partial charge on any atom is -0.350 e. The molecule has 2 aromatic carbocycles. The van der Waals surface area contributed by atoms with Gasteiger partial charge in [-0.2, -0.15) is 0 Å². The number of carbonyl (C=O) groups is 1. The van der Waals surface area contributed by atoms with Crippen LogP contribution < -0.4 is 9.62 Å². The van der Waals surface area contributed by atoms with Crippen molar-refractivity contribution in [1.29, 1.82) is 0 Å². The molecular formula is C21H20ClN3O3S. The number of nitrogens with zero attached hydrogens (tertiary/aromatic N) is 2. The van der Waals surface area contributed by atoms with Gasteiger partial charge in [0.25, 0.3) is 10.0 Å². The summed E-state index contributed by atoms with van der Waals surface area (Å²) in [6, 6.07) is 17.1. The lowest BCUT2D eigenvalue weighted by Crippen LogP contribution is -2.40. The standard InChI is InChI=1S/C21H20ClN3O3S/c1-16-8-10-18(11-9-16)25(29(27,28)19-6-4-12-23-14-19)15-21(26)24-13-17-5-2-3-7-20(17)22/h2-12,14H,13,15H2,1H3,(H,24,26). The number of amides is 1. The average Bonchev–Trinajstić information content (AvgIpc) is 2.73. The van der Waals surface area contributed by atoms with Crippen molar-refractivity contribution in [3.05, 3.63) is 89.2 Å². The summed E-state index contributed by atoms with van der Waals surface area (Å²) in [5, 5.41) is 3.26. The molecule has 0 spiro atoms. The number of aromatic nitrogens is 1. The molecule has 6 nitrogen and oxygen atoms in total. The minimum absolute atomic E-state index is 0.0134.